The van der Waals surface area contributed by atoms with E-state index in [1.165, 1.54) is 6.08 Å². The second-order valence-corrected chi connectivity index (χ2v) is 6.94. The van der Waals surface area contributed by atoms with Gasteiger partial charge < -0.3 is 14.2 Å². The van der Waals surface area contributed by atoms with Gasteiger partial charge in [0.25, 0.3) is 0 Å². The summed E-state index contributed by atoms with van der Waals surface area (Å²) in [6.07, 6.45) is 1.68. The molecule has 4 nitrogen and oxygen atoms in total. The molecule has 4 rings (SSSR count). The summed E-state index contributed by atoms with van der Waals surface area (Å²) in [5.74, 6) is 2.30. The Bertz CT molecular complexity index is 1210. The van der Waals surface area contributed by atoms with E-state index in [2.05, 4.69) is 30.8 Å². The fourth-order valence-corrected chi connectivity index (χ4v) is 3.35. The molecule has 0 heterocycles. The van der Waals surface area contributed by atoms with Gasteiger partial charge in [0.2, 0.25) is 0 Å². The molecule has 0 fully saturated rings. The van der Waals surface area contributed by atoms with Gasteiger partial charge in [-0.3, -0.25) is 4.79 Å². The Kier molecular flexibility index (Phi) is 5.99. The first-order chi connectivity index (χ1) is 15.2. The molecule has 4 heteroatoms. The summed E-state index contributed by atoms with van der Waals surface area (Å²) in [7, 11) is 1.65. The predicted molar refractivity (Wildman–Crippen MR) is 123 cm³/mol. The van der Waals surface area contributed by atoms with Gasteiger partial charge >= 0.3 is 5.97 Å². The van der Waals surface area contributed by atoms with Crippen molar-refractivity contribution >= 4 is 16.7 Å². The van der Waals surface area contributed by atoms with Crippen LogP contribution in [0, 0.1) is 0 Å². The largest absolute Gasteiger partial charge is 0.497 e. The average molecular weight is 410 g/mol. The summed E-state index contributed by atoms with van der Waals surface area (Å²) in [6.45, 7) is 3.54. The number of carbonyl (C=O) groups is 1. The van der Waals surface area contributed by atoms with E-state index in [1.807, 2.05) is 36.4 Å². The molecule has 0 aliphatic rings. The van der Waals surface area contributed by atoms with Crippen LogP contribution in [0.2, 0.25) is 0 Å². The normalized spacial score (nSPS) is 10.5. The predicted octanol–water partition coefficient (Wildman–Crippen LogP) is 6.79. The first kappa shape index (κ1) is 20.2. The maximum absolute atomic E-state index is 11.7. The number of esters is 1. The maximum atomic E-state index is 11.7. The zero-order valence-electron chi connectivity index (χ0n) is 17.2. The molecule has 0 saturated carbocycles. The van der Waals surface area contributed by atoms with Crippen molar-refractivity contribution < 1.29 is 19.0 Å². The molecule has 0 spiro atoms. The van der Waals surface area contributed by atoms with E-state index in [9.17, 15) is 4.79 Å². The molecule has 154 valence electrons. The van der Waals surface area contributed by atoms with Gasteiger partial charge in [0.05, 0.1) is 13.5 Å². The van der Waals surface area contributed by atoms with E-state index in [1.54, 1.807) is 31.4 Å². The lowest BCUT2D eigenvalue weighted by atomic mass is 9.99. The van der Waals surface area contributed by atoms with Crippen LogP contribution in [-0.4, -0.2) is 13.1 Å². The fourth-order valence-electron chi connectivity index (χ4n) is 3.35. The molecule has 0 aromatic heterocycles. The maximum Gasteiger partial charge on any atom is 0.315 e. The van der Waals surface area contributed by atoms with Gasteiger partial charge in [-0.15, -0.1) is 6.58 Å². The van der Waals surface area contributed by atoms with Gasteiger partial charge in [0.15, 0.2) is 0 Å². The van der Waals surface area contributed by atoms with Crippen molar-refractivity contribution in [1.29, 1.82) is 0 Å². The van der Waals surface area contributed by atoms with Crippen LogP contribution in [0.3, 0.4) is 0 Å². The fraction of sp³-hybridized carbons (Fsp3) is 0.0741. The smallest absolute Gasteiger partial charge is 0.315 e. The minimum Gasteiger partial charge on any atom is -0.497 e. The summed E-state index contributed by atoms with van der Waals surface area (Å²) < 4.78 is 17.0. The highest BCUT2D eigenvalue weighted by molar-refractivity contribution is 5.96. The van der Waals surface area contributed by atoms with E-state index < -0.39 is 0 Å². The highest BCUT2D eigenvalue weighted by Crippen LogP contribution is 2.40. The molecule has 0 aliphatic heterocycles. The average Bonchev–Trinajstić information content (AvgIpc) is 2.81. The van der Waals surface area contributed by atoms with Gasteiger partial charge in [-0.05, 0) is 59.5 Å². The molecule has 0 amide bonds. The Hall–Kier alpha value is -4.05. The van der Waals surface area contributed by atoms with E-state index in [-0.39, 0.29) is 12.4 Å². The van der Waals surface area contributed by atoms with E-state index >= 15 is 0 Å². The SMILES string of the molecule is C=CCC(=O)Oc1ccc(Oc2c(-c3ccccc3)ccc3cc(OC)ccc23)cc1. The topological polar surface area (TPSA) is 44.8 Å². The lowest BCUT2D eigenvalue weighted by molar-refractivity contribution is -0.133. The number of methoxy groups -OCH3 is 1. The molecule has 4 aromatic carbocycles. The number of hydrogen-bond acceptors (Lipinski definition) is 4. The van der Waals surface area contributed by atoms with Crippen LogP contribution in [0.4, 0.5) is 0 Å². The molecule has 4 aromatic rings. The van der Waals surface area contributed by atoms with E-state index in [4.69, 9.17) is 14.2 Å². The van der Waals surface area contributed by atoms with Crippen LogP contribution in [-0.2, 0) is 4.79 Å². The standard InChI is InChI=1S/C27H22O4/c1-3-7-26(28)30-21-11-13-22(14-12-21)31-27-24(19-8-5-4-6-9-19)16-10-20-18-23(29-2)15-17-25(20)27/h3-6,8-18H,1,7H2,2H3. The van der Waals surface area contributed by atoms with Crippen LogP contribution in [0.25, 0.3) is 21.9 Å². The van der Waals surface area contributed by atoms with Crippen LogP contribution >= 0.6 is 0 Å². The minimum atomic E-state index is -0.349. The summed E-state index contributed by atoms with van der Waals surface area (Å²) in [5.41, 5.74) is 2.05. The van der Waals surface area contributed by atoms with Crippen molar-refractivity contribution in [2.45, 2.75) is 6.42 Å². The van der Waals surface area contributed by atoms with Gasteiger partial charge in [-0.2, -0.15) is 0 Å². The number of fused-ring (bicyclic) bond motifs is 1. The molecular weight excluding hydrogens is 388 g/mol. The number of benzene rings is 4. The van der Waals surface area contributed by atoms with E-state index in [0.29, 0.717) is 11.5 Å². The second kappa shape index (κ2) is 9.18. The first-order valence-corrected chi connectivity index (χ1v) is 9.93. The monoisotopic (exact) mass is 410 g/mol. The Morgan fingerprint density at radius 2 is 1.58 bits per heavy atom. The Morgan fingerprint density at radius 1 is 0.871 bits per heavy atom. The molecular formula is C27H22O4. The molecule has 31 heavy (non-hydrogen) atoms. The molecule has 0 saturated heterocycles. The summed E-state index contributed by atoms with van der Waals surface area (Å²) in [5, 5.41) is 1.99. The molecule has 0 N–H and O–H groups in total. The third kappa shape index (κ3) is 4.59. The molecule has 0 atom stereocenters. The van der Waals surface area contributed by atoms with Crippen LogP contribution in [0.15, 0.2) is 97.6 Å². The summed E-state index contributed by atoms with van der Waals surface area (Å²) in [4.78, 5) is 11.7. The zero-order valence-corrected chi connectivity index (χ0v) is 17.2. The Labute approximate surface area is 181 Å². The van der Waals surface area contributed by atoms with E-state index in [0.717, 1.165) is 33.4 Å². The molecule has 0 aliphatic carbocycles. The third-order valence-electron chi connectivity index (χ3n) is 4.85. The molecule has 0 radical (unpaired) electrons. The number of ether oxygens (including phenoxy) is 3. The zero-order chi connectivity index (χ0) is 21.6. The lowest BCUT2D eigenvalue weighted by Gasteiger charge is -2.15. The minimum absolute atomic E-state index is 0.165. The van der Waals surface area contributed by atoms with Crippen LogP contribution < -0.4 is 14.2 Å². The highest BCUT2D eigenvalue weighted by Gasteiger charge is 2.13. The van der Waals surface area contributed by atoms with Gasteiger partial charge in [0.1, 0.15) is 23.0 Å². The second-order valence-electron chi connectivity index (χ2n) is 6.94. The van der Waals surface area contributed by atoms with Crippen molar-refractivity contribution in [1.82, 2.24) is 0 Å². The van der Waals surface area contributed by atoms with Crippen molar-refractivity contribution in [3.8, 4) is 34.1 Å². The third-order valence-corrected chi connectivity index (χ3v) is 4.85. The van der Waals surface area contributed by atoms with Crippen LogP contribution in [0.5, 0.6) is 23.0 Å². The number of carbonyl (C=O) groups excluding carboxylic acids is 1. The molecule has 0 bridgehead atoms. The van der Waals surface area contributed by atoms with Crippen molar-refractivity contribution in [3.05, 3.63) is 97.6 Å². The Morgan fingerprint density at radius 3 is 2.29 bits per heavy atom. The van der Waals surface area contributed by atoms with Gasteiger partial charge in [-0.1, -0.05) is 42.5 Å². The van der Waals surface area contributed by atoms with Crippen LogP contribution in [0.1, 0.15) is 6.42 Å². The van der Waals surface area contributed by atoms with Crippen molar-refractivity contribution in [2.75, 3.05) is 7.11 Å². The van der Waals surface area contributed by atoms with Crippen molar-refractivity contribution in [2.24, 2.45) is 0 Å². The summed E-state index contributed by atoms with van der Waals surface area (Å²) >= 11 is 0. The van der Waals surface area contributed by atoms with Gasteiger partial charge in [-0.25, -0.2) is 0 Å². The number of hydrogen-bond donors (Lipinski definition) is 0. The quantitative estimate of drug-likeness (QED) is 0.191. The summed E-state index contributed by atoms with van der Waals surface area (Å²) in [6, 6.07) is 27.1. The highest BCUT2D eigenvalue weighted by atomic mass is 16.5. The van der Waals surface area contributed by atoms with Crippen molar-refractivity contribution in [3.63, 3.8) is 0 Å². The number of rotatable bonds is 7. The Balaban J connectivity index is 1.72. The molecule has 0 unspecified atom stereocenters. The first-order valence-electron chi connectivity index (χ1n) is 9.93. The van der Waals surface area contributed by atoms with Gasteiger partial charge in [0, 0.05) is 10.9 Å². The lowest BCUT2D eigenvalue weighted by Crippen LogP contribution is -2.05.